The van der Waals surface area contributed by atoms with Crippen molar-refractivity contribution in [3.8, 4) is 11.5 Å². The Morgan fingerprint density at radius 1 is 1.06 bits per heavy atom. The van der Waals surface area contributed by atoms with Gasteiger partial charge in [0.25, 0.3) is 5.91 Å². The van der Waals surface area contributed by atoms with E-state index in [-0.39, 0.29) is 48.7 Å². The van der Waals surface area contributed by atoms with E-state index in [1.165, 1.54) is 0 Å². The monoisotopic (exact) mass is 669 g/mol. The van der Waals surface area contributed by atoms with E-state index in [1.54, 1.807) is 73.3 Å². The van der Waals surface area contributed by atoms with E-state index in [0.717, 1.165) is 32.2 Å². The highest BCUT2D eigenvalue weighted by Gasteiger charge is 2.31. The third-order valence-electron chi connectivity index (χ3n) is 8.53. The number of hydrogen-bond donors (Lipinski definition) is 3. The molecule has 0 saturated heterocycles. The first-order valence-electron chi connectivity index (χ1n) is 16.9. The maximum atomic E-state index is 14.3. The van der Waals surface area contributed by atoms with Crippen molar-refractivity contribution in [1.82, 2.24) is 14.7 Å². The summed E-state index contributed by atoms with van der Waals surface area (Å²) in [6, 6.07) is 11.0. The summed E-state index contributed by atoms with van der Waals surface area (Å²) in [6.07, 6.45) is 3.16. The van der Waals surface area contributed by atoms with Gasteiger partial charge in [0.05, 0.1) is 37.5 Å². The second kappa shape index (κ2) is 19.2. The molecule has 0 fully saturated rings. The summed E-state index contributed by atoms with van der Waals surface area (Å²) in [6.45, 7) is 7.54. The summed E-state index contributed by atoms with van der Waals surface area (Å²) in [7, 11) is 7.35. The van der Waals surface area contributed by atoms with Gasteiger partial charge in [-0.15, -0.1) is 0 Å². The van der Waals surface area contributed by atoms with E-state index in [9.17, 15) is 19.5 Å². The lowest BCUT2D eigenvalue weighted by Crippen LogP contribution is -2.48. The van der Waals surface area contributed by atoms with Crippen LogP contribution in [-0.4, -0.2) is 117 Å². The number of benzene rings is 2. The smallest absolute Gasteiger partial charge is 0.323 e. The molecule has 1 heterocycles. The summed E-state index contributed by atoms with van der Waals surface area (Å²) in [5.41, 5.74) is 1.26. The number of hydrogen-bond acceptors (Lipinski definition) is 8. The minimum Gasteiger partial charge on any atom is -0.497 e. The second-order valence-electron chi connectivity index (χ2n) is 13.0. The van der Waals surface area contributed by atoms with E-state index in [2.05, 4.69) is 15.5 Å². The molecule has 1 aliphatic rings. The number of fused-ring (bicyclic) bond motifs is 1. The van der Waals surface area contributed by atoms with Crippen LogP contribution in [0.25, 0.3) is 0 Å². The molecule has 0 saturated carbocycles. The molecule has 4 amide bonds. The number of nitrogens with zero attached hydrogens (tertiary/aromatic N) is 3. The van der Waals surface area contributed by atoms with E-state index in [1.807, 2.05) is 27.9 Å². The molecule has 2 aromatic carbocycles. The summed E-state index contributed by atoms with van der Waals surface area (Å²) in [4.78, 5) is 45.6. The maximum Gasteiger partial charge on any atom is 0.323 e. The Morgan fingerprint density at radius 3 is 2.42 bits per heavy atom. The molecule has 12 nitrogen and oxygen atoms in total. The number of urea groups is 1. The standard InChI is InChI=1S/C36H55N5O7/c1-25-22-41(26(2)24-42)35(44)31-21-29(38-36(45)37-28-13-16-30(46-7)17-14-28)15-18-32(31)48-27(3)11-8-9-20-47-33(25)23-40(6)34(43)12-10-19-39(4)5/h13-18,21,25-27,33,42H,8-12,19-20,22-24H2,1-7H3,(H2,37,38,45)/t25-,26-,27-,33-/m1/s1. The van der Waals surface area contributed by atoms with Crippen molar-refractivity contribution >= 4 is 29.2 Å². The van der Waals surface area contributed by atoms with Crippen LogP contribution in [0.4, 0.5) is 16.2 Å². The lowest BCUT2D eigenvalue weighted by Gasteiger charge is -2.36. The van der Waals surface area contributed by atoms with Crippen molar-refractivity contribution < 1.29 is 33.7 Å². The van der Waals surface area contributed by atoms with E-state index >= 15 is 0 Å². The number of rotatable bonds is 11. The molecule has 1 aliphatic heterocycles. The summed E-state index contributed by atoms with van der Waals surface area (Å²) in [5, 5.41) is 15.8. The van der Waals surface area contributed by atoms with Crippen LogP contribution in [0.1, 0.15) is 63.2 Å². The highest BCUT2D eigenvalue weighted by molar-refractivity contribution is 6.02. The molecule has 0 spiro atoms. The van der Waals surface area contributed by atoms with Crippen LogP contribution < -0.4 is 20.1 Å². The zero-order valence-electron chi connectivity index (χ0n) is 29.7. The first-order chi connectivity index (χ1) is 22.9. The fraction of sp³-hybridized carbons (Fsp3) is 0.583. The maximum absolute atomic E-state index is 14.3. The summed E-state index contributed by atoms with van der Waals surface area (Å²) in [5.74, 6) is 0.630. The number of ether oxygens (including phenoxy) is 3. The molecule has 0 bridgehead atoms. The first-order valence-corrected chi connectivity index (χ1v) is 16.9. The van der Waals surface area contributed by atoms with Crippen molar-refractivity contribution in [2.45, 2.75) is 71.1 Å². The lowest BCUT2D eigenvalue weighted by atomic mass is 10.0. The third kappa shape index (κ3) is 12.0. The Bertz CT molecular complexity index is 1320. The topological polar surface area (TPSA) is 133 Å². The van der Waals surface area contributed by atoms with Crippen LogP contribution >= 0.6 is 0 Å². The van der Waals surface area contributed by atoms with Gasteiger partial charge in [-0.1, -0.05) is 6.92 Å². The SMILES string of the molecule is COc1ccc(NC(=O)Nc2ccc3c(c2)C(=O)N([C@H](C)CO)C[C@@H](C)[C@@H](CN(C)C(=O)CCCN(C)C)OCCCC[C@@H](C)O3)cc1. The molecular formula is C36H55N5O7. The predicted molar refractivity (Wildman–Crippen MR) is 188 cm³/mol. The second-order valence-corrected chi connectivity index (χ2v) is 13.0. The van der Waals surface area contributed by atoms with E-state index in [0.29, 0.717) is 42.4 Å². The summed E-state index contributed by atoms with van der Waals surface area (Å²) >= 11 is 0. The van der Waals surface area contributed by atoms with Crippen molar-refractivity contribution in [3.63, 3.8) is 0 Å². The third-order valence-corrected chi connectivity index (χ3v) is 8.53. The Kier molecular flexibility index (Phi) is 15.4. The largest absolute Gasteiger partial charge is 0.497 e. The minimum absolute atomic E-state index is 0.0553. The molecule has 3 N–H and O–H groups in total. The van der Waals surface area contributed by atoms with Gasteiger partial charge in [-0.2, -0.15) is 0 Å². The fourth-order valence-corrected chi connectivity index (χ4v) is 5.54. The van der Waals surface area contributed by atoms with Gasteiger partial charge in [0, 0.05) is 50.5 Å². The van der Waals surface area contributed by atoms with Crippen molar-refractivity contribution in [1.29, 1.82) is 0 Å². The van der Waals surface area contributed by atoms with Gasteiger partial charge >= 0.3 is 6.03 Å². The molecule has 2 aromatic rings. The quantitative estimate of drug-likeness (QED) is 0.307. The van der Waals surface area contributed by atoms with Crippen LogP contribution in [0.15, 0.2) is 42.5 Å². The van der Waals surface area contributed by atoms with Crippen LogP contribution in [0.2, 0.25) is 0 Å². The van der Waals surface area contributed by atoms with Gasteiger partial charge in [-0.25, -0.2) is 4.79 Å². The van der Waals surface area contributed by atoms with Gasteiger partial charge in [-0.05, 0) is 103 Å². The van der Waals surface area contributed by atoms with E-state index < -0.39 is 12.1 Å². The highest BCUT2D eigenvalue weighted by Crippen LogP contribution is 2.29. The molecule has 266 valence electrons. The highest BCUT2D eigenvalue weighted by atomic mass is 16.5. The average molecular weight is 670 g/mol. The molecule has 3 rings (SSSR count). The van der Waals surface area contributed by atoms with Crippen LogP contribution in [0, 0.1) is 5.92 Å². The van der Waals surface area contributed by atoms with Gasteiger partial charge in [0.15, 0.2) is 0 Å². The number of carbonyl (C=O) groups is 3. The minimum atomic E-state index is -0.515. The van der Waals surface area contributed by atoms with Crippen molar-refractivity contribution in [2.75, 3.05) is 71.7 Å². The number of carbonyl (C=O) groups excluding carboxylic acids is 3. The van der Waals surface area contributed by atoms with Crippen LogP contribution in [-0.2, 0) is 9.53 Å². The normalized spacial score (nSPS) is 19.8. The molecule has 0 aliphatic carbocycles. The van der Waals surface area contributed by atoms with Crippen LogP contribution in [0.3, 0.4) is 0 Å². The fourth-order valence-electron chi connectivity index (χ4n) is 5.54. The average Bonchev–Trinajstić information content (AvgIpc) is 3.06. The lowest BCUT2D eigenvalue weighted by molar-refractivity contribution is -0.132. The van der Waals surface area contributed by atoms with Crippen LogP contribution in [0.5, 0.6) is 11.5 Å². The molecule has 48 heavy (non-hydrogen) atoms. The number of amides is 4. The zero-order chi connectivity index (χ0) is 35.2. The number of anilines is 2. The molecule has 4 atom stereocenters. The Hall–Kier alpha value is -3.87. The molecule has 0 unspecified atom stereocenters. The van der Waals surface area contributed by atoms with Gasteiger partial charge < -0.3 is 44.7 Å². The predicted octanol–water partition coefficient (Wildman–Crippen LogP) is 4.93. The van der Waals surface area contributed by atoms with Crippen molar-refractivity contribution in [3.05, 3.63) is 48.0 Å². The number of aliphatic hydroxyl groups excluding tert-OH is 1. The number of aliphatic hydroxyl groups is 1. The number of methoxy groups -OCH3 is 1. The molecule has 0 aromatic heterocycles. The Balaban J connectivity index is 1.86. The van der Waals surface area contributed by atoms with Crippen molar-refractivity contribution in [2.24, 2.45) is 5.92 Å². The first kappa shape index (κ1) is 38.6. The number of likely N-dealkylation sites (N-methyl/N-ethyl adjacent to an activating group) is 1. The van der Waals surface area contributed by atoms with E-state index in [4.69, 9.17) is 14.2 Å². The summed E-state index contributed by atoms with van der Waals surface area (Å²) < 4.78 is 17.8. The zero-order valence-corrected chi connectivity index (χ0v) is 29.7. The molecule has 0 radical (unpaired) electrons. The molecule has 12 heteroatoms. The van der Waals surface area contributed by atoms with Gasteiger partial charge in [0.2, 0.25) is 5.91 Å². The Labute approximate surface area is 285 Å². The molecular weight excluding hydrogens is 614 g/mol. The van der Waals surface area contributed by atoms with Gasteiger partial charge in [0.1, 0.15) is 11.5 Å². The Morgan fingerprint density at radius 2 is 1.75 bits per heavy atom. The van der Waals surface area contributed by atoms with Gasteiger partial charge in [-0.3, -0.25) is 9.59 Å². The number of nitrogens with one attached hydrogen (secondary N) is 2.